The average molecular weight is 316 g/mol. The normalized spacial score (nSPS) is 11.0. The van der Waals surface area contributed by atoms with Crippen molar-refractivity contribution in [1.82, 2.24) is 9.55 Å². The molecular weight excluding hydrogens is 300 g/mol. The minimum absolute atomic E-state index is 0.977. The first kappa shape index (κ1) is 14.1. The van der Waals surface area contributed by atoms with Crippen LogP contribution >= 0.6 is 11.8 Å². The molecule has 0 atom stereocenters. The minimum atomic E-state index is 0.977. The quantitative estimate of drug-likeness (QED) is 0.470. The summed E-state index contributed by atoms with van der Waals surface area (Å²) in [6, 6.07) is 27.3. The van der Waals surface area contributed by atoms with Gasteiger partial charge in [-0.05, 0) is 42.7 Å². The fraction of sp³-hybridized carbons (Fsp3) is 0.0500. The molecule has 23 heavy (non-hydrogen) atoms. The maximum atomic E-state index is 4.87. The Morgan fingerprint density at radius 1 is 0.783 bits per heavy atom. The molecule has 112 valence electrons. The number of benzene rings is 3. The number of fused-ring (bicyclic) bond motifs is 1. The summed E-state index contributed by atoms with van der Waals surface area (Å²) >= 11 is 1.75. The third-order valence-electron chi connectivity index (χ3n) is 3.92. The van der Waals surface area contributed by atoms with Crippen LogP contribution in [-0.2, 0) is 0 Å². The number of thioether (sulfide) groups is 1. The van der Waals surface area contributed by atoms with E-state index in [4.69, 9.17) is 4.98 Å². The highest BCUT2D eigenvalue weighted by molar-refractivity contribution is 7.98. The SMILES string of the molecule is CSc1ccc(-c2nc3ccccc3n2-c2ccccc2)cc1. The molecule has 0 N–H and O–H groups in total. The topological polar surface area (TPSA) is 17.8 Å². The molecule has 0 amide bonds. The smallest absolute Gasteiger partial charge is 0.145 e. The number of nitrogens with zero attached hydrogens (tertiary/aromatic N) is 2. The van der Waals surface area contributed by atoms with E-state index in [1.165, 1.54) is 4.90 Å². The summed E-state index contributed by atoms with van der Waals surface area (Å²) < 4.78 is 2.23. The van der Waals surface area contributed by atoms with Crippen molar-refractivity contribution in [3.05, 3.63) is 78.9 Å². The van der Waals surface area contributed by atoms with Crippen molar-refractivity contribution in [2.24, 2.45) is 0 Å². The summed E-state index contributed by atoms with van der Waals surface area (Å²) in [6.07, 6.45) is 2.09. The third-order valence-corrected chi connectivity index (χ3v) is 4.67. The zero-order valence-electron chi connectivity index (χ0n) is 12.8. The number of rotatable bonds is 3. The van der Waals surface area contributed by atoms with Gasteiger partial charge in [-0.1, -0.05) is 42.5 Å². The van der Waals surface area contributed by atoms with Gasteiger partial charge in [-0.15, -0.1) is 11.8 Å². The Kier molecular flexibility index (Phi) is 3.64. The largest absolute Gasteiger partial charge is 0.292 e. The molecule has 0 spiro atoms. The second-order valence-electron chi connectivity index (χ2n) is 5.32. The van der Waals surface area contributed by atoms with Crippen molar-refractivity contribution in [3.63, 3.8) is 0 Å². The van der Waals surface area contributed by atoms with Crippen LogP contribution in [0.5, 0.6) is 0 Å². The van der Waals surface area contributed by atoms with Crippen LogP contribution in [0.15, 0.2) is 83.8 Å². The maximum Gasteiger partial charge on any atom is 0.145 e. The zero-order chi connectivity index (χ0) is 15.6. The molecule has 3 heteroatoms. The second-order valence-corrected chi connectivity index (χ2v) is 6.20. The molecule has 4 rings (SSSR count). The van der Waals surface area contributed by atoms with Crippen LogP contribution in [0.25, 0.3) is 28.1 Å². The van der Waals surface area contributed by atoms with Crippen LogP contribution in [0, 0.1) is 0 Å². The van der Waals surface area contributed by atoms with Crippen LogP contribution in [0.3, 0.4) is 0 Å². The highest BCUT2D eigenvalue weighted by Crippen LogP contribution is 2.29. The molecule has 0 bridgehead atoms. The van der Waals surface area contributed by atoms with Gasteiger partial charge in [0.05, 0.1) is 11.0 Å². The summed E-state index contributed by atoms with van der Waals surface area (Å²) in [6.45, 7) is 0. The summed E-state index contributed by atoms with van der Waals surface area (Å²) in [7, 11) is 0. The Morgan fingerprint density at radius 3 is 2.22 bits per heavy atom. The molecule has 2 nitrogen and oxygen atoms in total. The first-order chi connectivity index (χ1) is 11.4. The van der Waals surface area contributed by atoms with E-state index in [2.05, 4.69) is 77.6 Å². The molecule has 3 aromatic carbocycles. The molecule has 0 aliphatic heterocycles. The third kappa shape index (κ3) is 2.53. The van der Waals surface area contributed by atoms with Crippen molar-refractivity contribution in [2.45, 2.75) is 4.90 Å². The molecule has 0 fully saturated rings. The standard InChI is InChI=1S/C20H16N2S/c1-23-17-13-11-15(12-14-17)20-21-18-9-5-6-10-19(18)22(20)16-7-3-2-4-8-16/h2-14H,1H3. The average Bonchev–Trinajstić information content (AvgIpc) is 3.02. The van der Waals surface area contributed by atoms with Crippen LogP contribution in [0.1, 0.15) is 0 Å². The van der Waals surface area contributed by atoms with Gasteiger partial charge in [0.2, 0.25) is 0 Å². The van der Waals surface area contributed by atoms with Crippen molar-refractivity contribution in [3.8, 4) is 17.1 Å². The van der Waals surface area contributed by atoms with Crippen molar-refractivity contribution >= 4 is 22.8 Å². The highest BCUT2D eigenvalue weighted by atomic mass is 32.2. The molecule has 0 aliphatic rings. The summed E-state index contributed by atoms with van der Waals surface area (Å²) in [5, 5.41) is 0. The predicted octanol–water partition coefficient (Wildman–Crippen LogP) is 5.41. The van der Waals surface area contributed by atoms with E-state index in [0.717, 1.165) is 28.1 Å². The molecule has 4 aromatic rings. The van der Waals surface area contributed by atoms with Crippen molar-refractivity contribution < 1.29 is 0 Å². The highest BCUT2D eigenvalue weighted by Gasteiger charge is 2.13. The lowest BCUT2D eigenvalue weighted by Gasteiger charge is -2.09. The van der Waals surface area contributed by atoms with Crippen LogP contribution in [-0.4, -0.2) is 15.8 Å². The number of imidazole rings is 1. The van der Waals surface area contributed by atoms with E-state index in [0.29, 0.717) is 0 Å². The predicted molar refractivity (Wildman–Crippen MR) is 98.3 cm³/mol. The van der Waals surface area contributed by atoms with Crippen LogP contribution in [0.4, 0.5) is 0 Å². The van der Waals surface area contributed by atoms with E-state index in [1.54, 1.807) is 11.8 Å². The number of aromatic nitrogens is 2. The van der Waals surface area contributed by atoms with Gasteiger partial charge >= 0.3 is 0 Å². The Hall–Kier alpha value is -2.52. The van der Waals surface area contributed by atoms with E-state index < -0.39 is 0 Å². The maximum absolute atomic E-state index is 4.87. The fourth-order valence-electron chi connectivity index (χ4n) is 2.80. The Morgan fingerprint density at radius 2 is 1.48 bits per heavy atom. The van der Waals surface area contributed by atoms with Gasteiger partial charge in [0, 0.05) is 16.1 Å². The molecule has 0 unspecified atom stereocenters. The molecular formula is C20H16N2S. The van der Waals surface area contributed by atoms with Gasteiger partial charge < -0.3 is 0 Å². The molecule has 1 heterocycles. The summed E-state index contributed by atoms with van der Waals surface area (Å²) in [5.74, 6) is 0.977. The molecule has 1 aromatic heterocycles. The van der Waals surface area contributed by atoms with E-state index in [9.17, 15) is 0 Å². The van der Waals surface area contributed by atoms with E-state index >= 15 is 0 Å². The van der Waals surface area contributed by atoms with Gasteiger partial charge in [-0.2, -0.15) is 0 Å². The fourth-order valence-corrected chi connectivity index (χ4v) is 3.21. The Bertz CT molecular complexity index is 940. The summed E-state index contributed by atoms with van der Waals surface area (Å²) in [4.78, 5) is 6.13. The molecule has 0 saturated heterocycles. The monoisotopic (exact) mass is 316 g/mol. The summed E-state index contributed by atoms with van der Waals surface area (Å²) in [5.41, 5.74) is 4.40. The van der Waals surface area contributed by atoms with Gasteiger partial charge in [0.15, 0.2) is 0 Å². The van der Waals surface area contributed by atoms with Crippen LogP contribution in [0.2, 0.25) is 0 Å². The molecule has 0 aliphatic carbocycles. The lowest BCUT2D eigenvalue weighted by molar-refractivity contribution is 1.10. The zero-order valence-corrected chi connectivity index (χ0v) is 13.6. The second kappa shape index (κ2) is 5.94. The van der Waals surface area contributed by atoms with Crippen LogP contribution < -0.4 is 0 Å². The lowest BCUT2D eigenvalue weighted by Crippen LogP contribution is -1.97. The van der Waals surface area contributed by atoms with Gasteiger partial charge in [0.1, 0.15) is 5.82 Å². The van der Waals surface area contributed by atoms with Crippen molar-refractivity contribution in [2.75, 3.05) is 6.26 Å². The molecule has 0 radical (unpaired) electrons. The lowest BCUT2D eigenvalue weighted by atomic mass is 10.2. The van der Waals surface area contributed by atoms with Gasteiger partial charge in [0.25, 0.3) is 0 Å². The Balaban J connectivity index is 1.98. The van der Waals surface area contributed by atoms with Gasteiger partial charge in [-0.25, -0.2) is 4.98 Å². The Labute approximate surface area is 139 Å². The number of hydrogen-bond acceptors (Lipinski definition) is 2. The molecule has 0 saturated carbocycles. The first-order valence-electron chi connectivity index (χ1n) is 7.54. The minimum Gasteiger partial charge on any atom is -0.292 e. The first-order valence-corrected chi connectivity index (χ1v) is 8.76. The van der Waals surface area contributed by atoms with Gasteiger partial charge in [-0.3, -0.25) is 4.57 Å². The van der Waals surface area contributed by atoms with E-state index in [1.807, 2.05) is 12.1 Å². The van der Waals surface area contributed by atoms with Crippen molar-refractivity contribution in [1.29, 1.82) is 0 Å². The van der Waals surface area contributed by atoms with E-state index in [-0.39, 0.29) is 0 Å². The number of para-hydroxylation sites is 3. The number of hydrogen-bond donors (Lipinski definition) is 0.